The van der Waals surface area contributed by atoms with E-state index in [9.17, 15) is 9.59 Å². The van der Waals surface area contributed by atoms with Gasteiger partial charge in [-0.1, -0.05) is 42.0 Å². The van der Waals surface area contributed by atoms with Crippen LogP contribution in [0.1, 0.15) is 30.5 Å². The predicted molar refractivity (Wildman–Crippen MR) is 96.8 cm³/mol. The van der Waals surface area contributed by atoms with E-state index in [2.05, 4.69) is 5.11 Å². The lowest BCUT2D eigenvalue weighted by Crippen LogP contribution is -2.22. The Hall–Kier alpha value is -3.14. The fraction of sp³-hybridized carbons (Fsp3) is 0.143. The second-order valence-electron chi connectivity index (χ2n) is 6.20. The first kappa shape index (κ1) is 16.7. The molecule has 25 heavy (non-hydrogen) atoms. The molecular formula is C21H19N2O2+. The highest BCUT2D eigenvalue weighted by Gasteiger charge is 2.31. The van der Waals surface area contributed by atoms with Crippen molar-refractivity contribution in [3.63, 3.8) is 0 Å². The lowest BCUT2D eigenvalue weighted by atomic mass is 9.80. The summed E-state index contributed by atoms with van der Waals surface area (Å²) in [6.07, 6.45) is 0. The highest BCUT2D eigenvalue weighted by molar-refractivity contribution is 6.47. The zero-order valence-corrected chi connectivity index (χ0v) is 14.5. The lowest BCUT2D eigenvalue weighted by Gasteiger charge is -2.21. The first-order chi connectivity index (χ1) is 11.9. The number of aryl methyl sites for hydroxylation is 1. The molecule has 0 bridgehead atoms. The van der Waals surface area contributed by atoms with Gasteiger partial charge in [0.05, 0.1) is 0 Å². The highest BCUT2D eigenvalue weighted by Crippen LogP contribution is 2.35. The molecule has 0 unspecified atom stereocenters. The van der Waals surface area contributed by atoms with Crippen molar-refractivity contribution in [1.29, 1.82) is 0 Å². The zero-order chi connectivity index (χ0) is 18.1. The van der Waals surface area contributed by atoms with E-state index in [1.165, 1.54) is 0 Å². The lowest BCUT2D eigenvalue weighted by molar-refractivity contribution is -0.210. The Morgan fingerprint density at radius 3 is 1.48 bits per heavy atom. The number of nitrogens with two attached hydrogens (primary N) is 1. The van der Waals surface area contributed by atoms with Crippen LogP contribution in [-0.2, 0) is 9.59 Å². The van der Waals surface area contributed by atoms with Crippen LogP contribution < -0.4 is 5.53 Å². The van der Waals surface area contributed by atoms with Gasteiger partial charge < -0.3 is 0 Å². The van der Waals surface area contributed by atoms with Crippen LogP contribution >= 0.6 is 0 Å². The van der Waals surface area contributed by atoms with Crippen LogP contribution in [0.4, 0.5) is 5.69 Å². The number of Topliss-reactive ketones (excluding diaryl/α,β-unsaturated/α-hetero) is 2. The van der Waals surface area contributed by atoms with Gasteiger partial charge in [0.25, 0.3) is 0 Å². The molecule has 0 saturated carbocycles. The van der Waals surface area contributed by atoms with Crippen LogP contribution in [0.5, 0.6) is 0 Å². The molecule has 1 aliphatic rings. The summed E-state index contributed by atoms with van der Waals surface area (Å²) in [4.78, 5) is 25.9. The molecular weight excluding hydrogens is 312 g/mol. The smallest absolute Gasteiger partial charge is 0.190 e. The molecule has 0 saturated heterocycles. The summed E-state index contributed by atoms with van der Waals surface area (Å²) < 4.78 is 0. The summed E-state index contributed by atoms with van der Waals surface area (Å²) in [5.74, 6) is -0.228. The summed E-state index contributed by atoms with van der Waals surface area (Å²) >= 11 is 0. The Labute approximate surface area is 146 Å². The molecule has 0 aliphatic heterocycles. The number of nitrogens with zero attached hydrogens (tertiary/aromatic N) is 1. The minimum Gasteiger partial charge on any atom is -0.289 e. The molecule has 0 fully saturated rings. The zero-order valence-electron chi connectivity index (χ0n) is 14.5. The number of hydrogen-bond acceptors (Lipinski definition) is 3. The van der Waals surface area contributed by atoms with Crippen LogP contribution in [0, 0.1) is 6.92 Å². The largest absolute Gasteiger partial charge is 0.289 e. The van der Waals surface area contributed by atoms with Crippen molar-refractivity contribution >= 4 is 28.4 Å². The van der Waals surface area contributed by atoms with Crippen LogP contribution in [0.2, 0.25) is 0 Å². The normalized spacial score (nSPS) is 15.0. The van der Waals surface area contributed by atoms with E-state index < -0.39 is 0 Å². The average Bonchev–Trinajstić information content (AvgIpc) is 2.62. The maximum absolute atomic E-state index is 13.0. The Morgan fingerprint density at radius 2 is 1.08 bits per heavy atom. The monoisotopic (exact) mass is 331 g/mol. The van der Waals surface area contributed by atoms with E-state index in [1.54, 1.807) is 38.1 Å². The molecule has 2 aromatic carbocycles. The van der Waals surface area contributed by atoms with Gasteiger partial charge in [-0.05, 0) is 49.1 Å². The second-order valence-corrected chi connectivity index (χ2v) is 6.20. The van der Waals surface area contributed by atoms with Gasteiger partial charge in [-0.2, -0.15) is 5.53 Å². The second kappa shape index (κ2) is 6.40. The molecule has 2 aromatic rings. The molecule has 0 heterocycles. The number of carbonyl (C=O) groups excluding carboxylic acids is 2. The van der Waals surface area contributed by atoms with Crippen LogP contribution in [0.15, 0.2) is 64.8 Å². The number of rotatable bonds is 3. The maximum Gasteiger partial charge on any atom is 0.190 e. The van der Waals surface area contributed by atoms with Gasteiger partial charge in [0.2, 0.25) is 0 Å². The SMILES string of the molecule is CC1=C(c2ccc(C)cc2)C(=O)C(C)=C(c2ccc(N=[NH2+])cc2)C1=O. The summed E-state index contributed by atoms with van der Waals surface area (Å²) in [6, 6.07) is 14.6. The summed E-state index contributed by atoms with van der Waals surface area (Å²) in [5.41, 5.74) is 10.3. The number of carbonyl (C=O) groups is 2. The first-order valence-electron chi connectivity index (χ1n) is 8.03. The molecule has 1 aliphatic carbocycles. The topological polar surface area (TPSA) is 72.1 Å². The number of ketones is 2. The van der Waals surface area contributed by atoms with Gasteiger partial charge in [0.15, 0.2) is 11.6 Å². The van der Waals surface area contributed by atoms with Gasteiger partial charge in [0, 0.05) is 22.3 Å². The fourth-order valence-electron chi connectivity index (χ4n) is 3.07. The van der Waals surface area contributed by atoms with Crippen molar-refractivity contribution in [1.82, 2.24) is 0 Å². The van der Waals surface area contributed by atoms with Crippen molar-refractivity contribution in [2.45, 2.75) is 20.8 Å². The molecule has 2 N–H and O–H groups in total. The van der Waals surface area contributed by atoms with Crippen molar-refractivity contribution in [3.05, 3.63) is 76.4 Å². The van der Waals surface area contributed by atoms with E-state index in [0.717, 1.165) is 11.1 Å². The van der Waals surface area contributed by atoms with Crippen molar-refractivity contribution in [2.24, 2.45) is 5.11 Å². The van der Waals surface area contributed by atoms with Gasteiger partial charge >= 0.3 is 0 Å². The van der Waals surface area contributed by atoms with Crippen LogP contribution in [-0.4, -0.2) is 11.6 Å². The number of hydrogen-bond donors (Lipinski definition) is 1. The first-order valence-corrected chi connectivity index (χ1v) is 8.03. The van der Waals surface area contributed by atoms with Gasteiger partial charge in [0.1, 0.15) is 5.69 Å². The Balaban J connectivity index is 2.10. The minimum atomic E-state index is -0.120. The quantitative estimate of drug-likeness (QED) is 0.693. The summed E-state index contributed by atoms with van der Waals surface area (Å²) in [6.45, 7) is 5.41. The molecule has 0 spiro atoms. The Kier molecular flexibility index (Phi) is 4.28. The van der Waals surface area contributed by atoms with Gasteiger partial charge in [-0.15, -0.1) is 0 Å². The Morgan fingerprint density at radius 1 is 0.680 bits per heavy atom. The van der Waals surface area contributed by atoms with Crippen LogP contribution in [0.25, 0.3) is 11.1 Å². The summed E-state index contributed by atoms with van der Waals surface area (Å²) in [5, 5.41) is 3.61. The molecule has 4 heteroatoms. The molecule has 124 valence electrons. The van der Waals surface area contributed by atoms with E-state index in [0.29, 0.717) is 33.5 Å². The fourth-order valence-corrected chi connectivity index (χ4v) is 3.07. The van der Waals surface area contributed by atoms with Gasteiger partial charge in [-0.25, -0.2) is 0 Å². The van der Waals surface area contributed by atoms with E-state index in [4.69, 9.17) is 5.53 Å². The number of benzene rings is 2. The standard InChI is InChI=1S/C21H18N2O2/c1-12-4-6-15(7-5-12)18-13(2)21(25)19(14(3)20(18)24)16-8-10-17(23-22)11-9-16/h4-11,22H,1-3H3/p+1. The maximum atomic E-state index is 13.0. The third kappa shape index (κ3) is 2.87. The van der Waals surface area contributed by atoms with E-state index >= 15 is 0 Å². The Bertz CT molecular complexity index is 946. The van der Waals surface area contributed by atoms with Crippen molar-refractivity contribution < 1.29 is 15.1 Å². The molecule has 4 nitrogen and oxygen atoms in total. The highest BCUT2D eigenvalue weighted by atomic mass is 16.1. The molecule has 0 atom stereocenters. The number of allylic oxidation sites excluding steroid dienone is 4. The average molecular weight is 331 g/mol. The molecule has 0 aromatic heterocycles. The molecule has 0 amide bonds. The van der Waals surface area contributed by atoms with Crippen LogP contribution in [0.3, 0.4) is 0 Å². The van der Waals surface area contributed by atoms with Gasteiger partial charge in [-0.3, -0.25) is 9.59 Å². The third-order valence-corrected chi connectivity index (χ3v) is 4.53. The van der Waals surface area contributed by atoms with Crippen molar-refractivity contribution in [2.75, 3.05) is 0 Å². The van der Waals surface area contributed by atoms with E-state index in [-0.39, 0.29) is 11.6 Å². The van der Waals surface area contributed by atoms with Crippen molar-refractivity contribution in [3.8, 4) is 0 Å². The van der Waals surface area contributed by atoms with E-state index in [1.807, 2.05) is 31.2 Å². The third-order valence-electron chi connectivity index (χ3n) is 4.53. The summed E-state index contributed by atoms with van der Waals surface area (Å²) in [7, 11) is 0. The molecule has 3 rings (SSSR count). The molecule has 0 radical (unpaired) electrons. The predicted octanol–water partition coefficient (Wildman–Crippen LogP) is 3.24. The minimum absolute atomic E-state index is 0.108.